The monoisotopic (exact) mass is 379 g/mol. The molecule has 0 aliphatic rings. The van der Waals surface area contributed by atoms with Gasteiger partial charge in [0.15, 0.2) is 5.78 Å². The summed E-state index contributed by atoms with van der Waals surface area (Å²) in [5.41, 5.74) is 1.21. The lowest BCUT2D eigenvalue weighted by Crippen LogP contribution is -2.29. The highest BCUT2D eigenvalue weighted by Crippen LogP contribution is 2.19. The van der Waals surface area contributed by atoms with Gasteiger partial charge in [-0.05, 0) is 41.5 Å². The van der Waals surface area contributed by atoms with Crippen molar-refractivity contribution in [2.75, 3.05) is 0 Å². The minimum absolute atomic E-state index is 0.0839. The summed E-state index contributed by atoms with van der Waals surface area (Å²) in [4.78, 5) is 23.3. The maximum Gasteiger partial charge on any atom is 0.264 e. The van der Waals surface area contributed by atoms with E-state index >= 15 is 0 Å². The van der Waals surface area contributed by atoms with Gasteiger partial charge in [0.25, 0.3) is 15.9 Å². The Morgan fingerprint density at radius 2 is 1.56 bits per heavy atom. The zero-order valence-corrected chi connectivity index (χ0v) is 15.4. The lowest BCUT2D eigenvalue weighted by Gasteiger charge is -2.06. The first-order valence-electron chi connectivity index (χ1n) is 8.20. The summed E-state index contributed by atoms with van der Waals surface area (Å²) in [6, 6.07) is 18.8. The first kappa shape index (κ1) is 18.5. The lowest BCUT2D eigenvalue weighted by molar-refractivity contribution is -0.114. The van der Waals surface area contributed by atoms with Gasteiger partial charge in [0, 0.05) is 11.6 Å². The predicted octanol–water partition coefficient (Wildman–Crippen LogP) is 3.56. The van der Waals surface area contributed by atoms with Gasteiger partial charge in [0.05, 0.1) is 4.90 Å². The Kier molecular flexibility index (Phi) is 5.19. The maximum atomic E-state index is 12.3. The fourth-order valence-corrected chi connectivity index (χ4v) is 3.60. The third-order valence-electron chi connectivity index (χ3n) is 4.04. The van der Waals surface area contributed by atoms with Crippen LogP contribution < -0.4 is 4.72 Å². The number of benzene rings is 3. The average molecular weight is 379 g/mol. The molecule has 3 rings (SSSR count). The Bertz CT molecular complexity index is 1140. The van der Waals surface area contributed by atoms with E-state index in [1.165, 1.54) is 37.3 Å². The Morgan fingerprint density at radius 3 is 2.26 bits per heavy atom. The minimum Gasteiger partial charge on any atom is -0.295 e. The van der Waals surface area contributed by atoms with Crippen LogP contribution in [-0.2, 0) is 14.8 Å². The standard InChI is InChI=1S/C21H17NO4S/c1-15(23)16-9-12-19(13-10-16)27(25,26)22-21(24)14-11-18-7-4-6-17-5-2-3-8-20(17)18/h2-14H,1H3,(H,22,24)/b14-11+. The van der Waals surface area contributed by atoms with Crippen LogP contribution in [0.3, 0.4) is 0 Å². The summed E-state index contributed by atoms with van der Waals surface area (Å²) in [6.45, 7) is 1.39. The molecule has 0 saturated heterocycles. The van der Waals surface area contributed by atoms with Crippen molar-refractivity contribution in [2.24, 2.45) is 0 Å². The number of carbonyl (C=O) groups is 2. The average Bonchev–Trinajstić information content (AvgIpc) is 2.66. The van der Waals surface area contributed by atoms with Crippen LogP contribution in [0.2, 0.25) is 0 Å². The first-order chi connectivity index (χ1) is 12.9. The number of sulfonamides is 1. The third-order valence-corrected chi connectivity index (χ3v) is 5.41. The molecule has 0 aromatic heterocycles. The van der Waals surface area contributed by atoms with E-state index < -0.39 is 15.9 Å². The van der Waals surface area contributed by atoms with Gasteiger partial charge >= 0.3 is 0 Å². The van der Waals surface area contributed by atoms with E-state index in [1.54, 1.807) is 6.08 Å². The predicted molar refractivity (Wildman–Crippen MR) is 105 cm³/mol. The van der Waals surface area contributed by atoms with Crippen LogP contribution in [0.5, 0.6) is 0 Å². The van der Waals surface area contributed by atoms with Crippen molar-refractivity contribution in [3.63, 3.8) is 0 Å². The number of Topliss-reactive ketones (excluding diaryl/α,β-unsaturated/α-hetero) is 1. The molecule has 6 heteroatoms. The van der Waals surface area contributed by atoms with E-state index in [0.29, 0.717) is 5.56 Å². The van der Waals surface area contributed by atoms with Gasteiger partial charge in [-0.2, -0.15) is 0 Å². The van der Waals surface area contributed by atoms with Crippen molar-refractivity contribution >= 4 is 38.6 Å². The highest BCUT2D eigenvalue weighted by atomic mass is 32.2. The van der Waals surface area contributed by atoms with Gasteiger partial charge in [-0.3, -0.25) is 9.59 Å². The number of fused-ring (bicyclic) bond motifs is 1. The molecule has 0 aliphatic carbocycles. The molecule has 0 aliphatic heterocycles. The quantitative estimate of drug-likeness (QED) is 0.543. The molecule has 0 radical (unpaired) electrons. The molecule has 1 amide bonds. The molecule has 0 spiro atoms. The van der Waals surface area contributed by atoms with Gasteiger partial charge in [0.2, 0.25) is 0 Å². The highest BCUT2D eigenvalue weighted by Gasteiger charge is 2.16. The molecule has 0 saturated carbocycles. The van der Waals surface area contributed by atoms with Crippen molar-refractivity contribution < 1.29 is 18.0 Å². The molecule has 136 valence electrons. The molecule has 0 atom stereocenters. The summed E-state index contributed by atoms with van der Waals surface area (Å²) in [5.74, 6) is -0.917. The van der Waals surface area contributed by atoms with Crippen LogP contribution in [0.15, 0.2) is 77.7 Å². The fourth-order valence-electron chi connectivity index (χ4n) is 2.66. The molecule has 0 fully saturated rings. The topological polar surface area (TPSA) is 80.3 Å². The lowest BCUT2D eigenvalue weighted by atomic mass is 10.0. The largest absolute Gasteiger partial charge is 0.295 e. The summed E-state index contributed by atoms with van der Waals surface area (Å²) < 4.78 is 26.6. The van der Waals surface area contributed by atoms with E-state index in [0.717, 1.165) is 16.3 Å². The second-order valence-electron chi connectivity index (χ2n) is 5.95. The van der Waals surface area contributed by atoms with Crippen molar-refractivity contribution in [3.8, 4) is 0 Å². The van der Waals surface area contributed by atoms with Crippen molar-refractivity contribution in [2.45, 2.75) is 11.8 Å². The summed E-state index contributed by atoms with van der Waals surface area (Å²) in [6.07, 6.45) is 2.76. The number of nitrogens with one attached hydrogen (secondary N) is 1. The first-order valence-corrected chi connectivity index (χ1v) is 9.69. The van der Waals surface area contributed by atoms with Gasteiger partial charge in [-0.1, -0.05) is 54.6 Å². The number of hydrogen-bond donors (Lipinski definition) is 1. The van der Waals surface area contributed by atoms with Crippen LogP contribution >= 0.6 is 0 Å². The highest BCUT2D eigenvalue weighted by molar-refractivity contribution is 7.90. The van der Waals surface area contributed by atoms with Crippen LogP contribution in [0.4, 0.5) is 0 Å². The van der Waals surface area contributed by atoms with Crippen molar-refractivity contribution in [3.05, 3.63) is 83.9 Å². The molecule has 27 heavy (non-hydrogen) atoms. The third kappa shape index (κ3) is 4.30. The Balaban J connectivity index is 1.78. The van der Waals surface area contributed by atoms with Gasteiger partial charge in [-0.25, -0.2) is 13.1 Å². The molecule has 3 aromatic rings. The van der Waals surface area contributed by atoms with Gasteiger partial charge in [0.1, 0.15) is 0 Å². The Morgan fingerprint density at radius 1 is 0.889 bits per heavy atom. The van der Waals surface area contributed by atoms with Crippen LogP contribution in [0, 0.1) is 0 Å². The summed E-state index contributed by atoms with van der Waals surface area (Å²) in [7, 11) is -4.01. The summed E-state index contributed by atoms with van der Waals surface area (Å²) >= 11 is 0. The number of rotatable bonds is 5. The molecule has 3 aromatic carbocycles. The zero-order chi connectivity index (χ0) is 19.4. The molecule has 1 N–H and O–H groups in total. The normalized spacial score (nSPS) is 11.6. The maximum absolute atomic E-state index is 12.3. The van der Waals surface area contributed by atoms with Crippen LogP contribution in [-0.4, -0.2) is 20.1 Å². The minimum atomic E-state index is -4.01. The van der Waals surface area contributed by atoms with E-state index in [1.807, 2.05) is 47.2 Å². The van der Waals surface area contributed by atoms with Crippen molar-refractivity contribution in [1.82, 2.24) is 4.72 Å². The van der Waals surface area contributed by atoms with E-state index in [9.17, 15) is 18.0 Å². The summed E-state index contributed by atoms with van der Waals surface area (Å²) in [5, 5.41) is 1.99. The number of amides is 1. The second-order valence-corrected chi connectivity index (χ2v) is 7.63. The second kappa shape index (κ2) is 7.55. The SMILES string of the molecule is CC(=O)c1ccc(S(=O)(=O)NC(=O)/C=C/c2cccc3ccccc23)cc1. The number of carbonyl (C=O) groups excluding carboxylic acids is 2. The number of hydrogen-bond acceptors (Lipinski definition) is 4. The molecular weight excluding hydrogens is 362 g/mol. The number of ketones is 1. The van der Waals surface area contributed by atoms with E-state index in [2.05, 4.69) is 0 Å². The van der Waals surface area contributed by atoms with Gasteiger partial charge in [-0.15, -0.1) is 0 Å². The zero-order valence-electron chi connectivity index (χ0n) is 14.5. The fraction of sp³-hybridized carbons (Fsp3) is 0.0476. The molecule has 0 unspecified atom stereocenters. The molecule has 5 nitrogen and oxygen atoms in total. The van der Waals surface area contributed by atoms with Crippen molar-refractivity contribution in [1.29, 1.82) is 0 Å². The Labute approximate surface area is 157 Å². The van der Waals surface area contributed by atoms with E-state index in [4.69, 9.17) is 0 Å². The molecule has 0 bridgehead atoms. The smallest absolute Gasteiger partial charge is 0.264 e. The Hall–Kier alpha value is -3.25. The van der Waals surface area contributed by atoms with Crippen LogP contribution in [0.1, 0.15) is 22.8 Å². The van der Waals surface area contributed by atoms with E-state index in [-0.39, 0.29) is 10.7 Å². The van der Waals surface area contributed by atoms with Gasteiger partial charge < -0.3 is 0 Å². The van der Waals surface area contributed by atoms with Crippen LogP contribution in [0.25, 0.3) is 16.8 Å². The molecular formula is C21H17NO4S. The molecule has 0 heterocycles.